The van der Waals surface area contributed by atoms with Gasteiger partial charge in [0.1, 0.15) is 17.3 Å². The van der Waals surface area contributed by atoms with Crippen LogP contribution in [0.25, 0.3) is 5.76 Å². The van der Waals surface area contributed by atoms with Gasteiger partial charge in [-0.15, -0.1) is 0 Å². The van der Waals surface area contributed by atoms with E-state index in [0.29, 0.717) is 22.8 Å². The number of rotatable bonds is 6. The van der Waals surface area contributed by atoms with Crippen molar-refractivity contribution in [2.45, 2.75) is 12.6 Å². The molecule has 4 rings (SSSR count). The average Bonchev–Trinajstić information content (AvgIpc) is 3.09. The van der Waals surface area contributed by atoms with E-state index in [1.165, 1.54) is 18.1 Å². The molecule has 0 radical (unpaired) electrons. The van der Waals surface area contributed by atoms with Crippen LogP contribution in [0, 0.1) is 0 Å². The van der Waals surface area contributed by atoms with Crippen molar-refractivity contribution in [1.29, 1.82) is 0 Å². The number of carbonyl (C=O) groups excluding carboxylic acids is 2. The number of Topliss-reactive ketones (excluding diaryl/α,β-unsaturated/α-hetero) is 1. The average molecular weight is 465 g/mol. The van der Waals surface area contributed by atoms with Crippen LogP contribution in [-0.2, 0) is 16.1 Å². The fourth-order valence-electron chi connectivity index (χ4n) is 3.80. The van der Waals surface area contributed by atoms with Crippen LogP contribution in [0.3, 0.4) is 0 Å². The summed E-state index contributed by atoms with van der Waals surface area (Å²) in [7, 11) is 3.03. The van der Waals surface area contributed by atoms with E-state index in [-0.39, 0.29) is 28.5 Å². The molecule has 1 aliphatic heterocycles. The zero-order chi connectivity index (χ0) is 23.5. The standard InChI is InChI=1S/C25H21ClN2O5/c1-32-17-8-6-15(7-9-17)22-21(23(29)19-13-18(33-2)10-11-20(19)26)24(30)25(31)28(22)14-16-5-3-4-12-27-16/h3-13,22,29H,14H2,1-2H3/b23-21+. The second kappa shape index (κ2) is 9.34. The summed E-state index contributed by atoms with van der Waals surface area (Å²) in [4.78, 5) is 31.9. The minimum Gasteiger partial charge on any atom is -0.507 e. The zero-order valence-corrected chi connectivity index (χ0v) is 18.7. The lowest BCUT2D eigenvalue weighted by Crippen LogP contribution is -2.29. The number of hydrogen-bond acceptors (Lipinski definition) is 6. The fraction of sp³-hybridized carbons (Fsp3) is 0.160. The molecule has 33 heavy (non-hydrogen) atoms. The van der Waals surface area contributed by atoms with Crippen molar-refractivity contribution >= 4 is 29.1 Å². The molecule has 3 aromatic rings. The predicted octanol–water partition coefficient (Wildman–Crippen LogP) is 4.37. The smallest absolute Gasteiger partial charge is 0.296 e. The number of aliphatic hydroxyl groups is 1. The Balaban J connectivity index is 1.89. The Bertz CT molecular complexity index is 1230. The molecule has 168 valence electrons. The second-order valence-corrected chi connectivity index (χ2v) is 7.77. The Kier molecular flexibility index (Phi) is 6.33. The minimum atomic E-state index is -0.847. The summed E-state index contributed by atoms with van der Waals surface area (Å²) < 4.78 is 10.5. The van der Waals surface area contributed by atoms with E-state index in [1.807, 2.05) is 0 Å². The minimum absolute atomic E-state index is 0.0590. The first-order valence-corrected chi connectivity index (χ1v) is 10.5. The van der Waals surface area contributed by atoms with Crippen molar-refractivity contribution < 1.29 is 24.2 Å². The van der Waals surface area contributed by atoms with Gasteiger partial charge in [-0.25, -0.2) is 0 Å². The first-order valence-electron chi connectivity index (χ1n) is 10.1. The number of aromatic nitrogens is 1. The second-order valence-electron chi connectivity index (χ2n) is 7.37. The number of benzene rings is 2. The molecule has 0 bridgehead atoms. The van der Waals surface area contributed by atoms with Crippen LogP contribution in [0.2, 0.25) is 5.02 Å². The van der Waals surface area contributed by atoms with E-state index in [2.05, 4.69) is 4.98 Å². The van der Waals surface area contributed by atoms with Crippen LogP contribution in [0.1, 0.15) is 22.9 Å². The van der Waals surface area contributed by atoms with Gasteiger partial charge in [-0.1, -0.05) is 29.8 Å². The van der Waals surface area contributed by atoms with Crippen LogP contribution in [-0.4, -0.2) is 40.9 Å². The zero-order valence-electron chi connectivity index (χ0n) is 18.0. The van der Waals surface area contributed by atoms with Gasteiger partial charge in [-0.05, 0) is 48.0 Å². The molecule has 1 aliphatic rings. The highest BCUT2D eigenvalue weighted by Gasteiger charge is 2.46. The molecule has 2 heterocycles. The normalized spacial score (nSPS) is 17.3. The maximum Gasteiger partial charge on any atom is 0.296 e. The van der Waals surface area contributed by atoms with E-state index in [4.69, 9.17) is 21.1 Å². The van der Waals surface area contributed by atoms with Gasteiger partial charge in [0.15, 0.2) is 0 Å². The maximum absolute atomic E-state index is 13.2. The third-order valence-electron chi connectivity index (χ3n) is 5.46. The molecule has 1 unspecified atom stereocenters. The summed E-state index contributed by atoms with van der Waals surface area (Å²) in [6, 6.07) is 16.2. The first-order chi connectivity index (χ1) is 15.9. The molecular weight excluding hydrogens is 444 g/mol. The Morgan fingerprint density at radius 2 is 1.73 bits per heavy atom. The molecule has 0 spiro atoms. The molecule has 0 aliphatic carbocycles. The summed E-state index contributed by atoms with van der Waals surface area (Å²) in [6.07, 6.45) is 1.62. The van der Waals surface area contributed by atoms with Gasteiger partial charge in [0.25, 0.3) is 11.7 Å². The van der Waals surface area contributed by atoms with Crippen molar-refractivity contribution in [3.05, 3.63) is 94.3 Å². The number of hydrogen-bond donors (Lipinski definition) is 1. The molecule has 2 aromatic carbocycles. The van der Waals surface area contributed by atoms with Gasteiger partial charge >= 0.3 is 0 Å². The maximum atomic E-state index is 13.2. The number of nitrogens with zero attached hydrogens (tertiary/aromatic N) is 2. The van der Waals surface area contributed by atoms with Crippen molar-refractivity contribution in [3.63, 3.8) is 0 Å². The number of pyridine rings is 1. The Labute approximate surface area is 195 Å². The van der Waals surface area contributed by atoms with Gasteiger partial charge in [0, 0.05) is 11.8 Å². The third kappa shape index (κ3) is 4.27. The SMILES string of the molecule is COc1ccc(C2/C(=C(\O)c3cc(OC)ccc3Cl)C(=O)C(=O)N2Cc2ccccn2)cc1. The molecule has 1 amide bonds. The largest absolute Gasteiger partial charge is 0.507 e. The quantitative estimate of drug-likeness (QED) is 0.331. The number of ether oxygens (including phenoxy) is 2. The number of likely N-dealkylation sites (tertiary alicyclic amines) is 1. The number of halogens is 1. The van der Waals surface area contributed by atoms with Gasteiger partial charge < -0.3 is 19.5 Å². The van der Waals surface area contributed by atoms with Crippen LogP contribution in [0.5, 0.6) is 11.5 Å². The topological polar surface area (TPSA) is 89.0 Å². The van der Waals surface area contributed by atoms with Crippen molar-refractivity contribution in [1.82, 2.24) is 9.88 Å². The number of amides is 1. The number of carbonyl (C=O) groups is 2. The van der Waals surface area contributed by atoms with Gasteiger partial charge in [0.2, 0.25) is 0 Å². The molecule has 0 saturated carbocycles. The fourth-order valence-corrected chi connectivity index (χ4v) is 4.01. The molecule has 1 atom stereocenters. The van der Waals surface area contributed by atoms with Gasteiger partial charge in [-0.2, -0.15) is 0 Å². The molecule has 8 heteroatoms. The van der Waals surface area contributed by atoms with E-state index in [1.54, 1.807) is 67.9 Å². The van der Waals surface area contributed by atoms with Crippen LogP contribution in [0.15, 0.2) is 72.4 Å². The highest BCUT2D eigenvalue weighted by molar-refractivity contribution is 6.47. The summed E-state index contributed by atoms with van der Waals surface area (Å²) in [6.45, 7) is 0.0880. The summed E-state index contributed by atoms with van der Waals surface area (Å²) >= 11 is 6.32. The van der Waals surface area contributed by atoms with Crippen LogP contribution < -0.4 is 9.47 Å². The molecular formula is C25H21ClN2O5. The van der Waals surface area contributed by atoms with Gasteiger partial charge in [0.05, 0.1) is 43.1 Å². The van der Waals surface area contributed by atoms with Crippen LogP contribution in [0.4, 0.5) is 0 Å². The van der Waals surface area contributed by atoms with E-state index in [0.717, 1.165) is 0 Å². The lowest BCUT2D eigenvalue weighted by atomic mass is 9.95. The molecule has 1 N–H and O–H groups in total. The van der Waals surface area contributed by atoms with E-state index in [9.17, 15) is 14.7 Å². The lowest BCUT2D eigenvalue weighted by molar-refractivity contribution is -0.140. The summed E-state index contributed by atoms with van der Waals surface area (Å²) in [5.74, 6) is -0.840. The number of aliphatic hydroxyl groups excluding tert-OH is 1. The van der Waals surface area contributed by atoms with E-state index < -0.39 is 17.7 Å². The highest BCUT2D eigenvalue weighted by atomic mass is 35.5. The monoisotopic (exact) mass is 464 g/mol. The Morgan fingerprint density at radius 3 is 2.36 bits per heavy atom. The third-order valence-corrected chi connectivity index (χ3v) is 5.79. The highest BCUT2D eigenvalue weighted by Crippen LogP contribution is 2.42. The number of ketones is 1. The van der Waals surface area contributed by atoms with Crippen LogP contribution >= 0.6 is 11.6 Å². The molecule has 1 aromatic heterocycles. The Hall–Kier alpha value is -3.84. The van der Waals surface area contributed by atoms with Gasteiger partial charge in [-0.3, -0.25) is 14.6 Å². The predicted molar refractivity (Wildman–Crippen MR) is 123 cm³/mol. The lowest BCUT2D eigenvalue weighted by Gasteiger charge is -2.25. The van der Waals surface area contributed by atoms with Crippen molar-refractivity contribution in [2.75, 3.05) is 14.2 Å². The number of methoxy groups -OCH3 is 2. The molecule has 1 fully saturated rings. The van der Waals surface area contributed by atoms with E-state index >= 15 is 0 Å². The summed E-state index contributed by atoms with van der Waals surface area (Å²) in [5.41, 5.74) is 1.38. The molecule has 1 saturated heterocycles. The van der Waals surface area contributed by atoms with Crippen molar-refractivity contribution in [2.24, 2.45) is 0 Å². The van der Waals surface area contributed by atoms with Crippen molar-refractivity contribution in [3.8, 4) is 11.5 Å². The summed E-state index contributed by atoms with van der Waals surface area (Å²) in [5, 5.41) is 11.4. The first kappa shape index (κ1) is 22.4. The molecule has 7 nitrogen and oxygen atoms in total. The Morgan fingerprint density at radius 1 is 1.03 bits per heavy atom.